The Morgan fingerprint density at radius 1 is 1.31 bits per heavy atom. The molecule has 1 aromatic carbocycles. The Morgan fingerprint density at radius 2 is 1.88 bits per heavy atom. The van der Waals surface area contributed by atoms with E-state index >= 15 is 0 Å². The maximum absolute atomic E-state index is 11.3. The summed E-state index contributed by atoms with van der Waals surface area (Å²) in [7, 11) is 1.33. The molecule has 0 heterocycles. The third-order valence-electron chi connectivity index (χ3n) is 2.20. The van der Waals surface area contributed by atoms with Crippen LogP contribution < -0.4 is 0 Å². The first kappa shape index (κ1) is 14.2. The van der Waals surface area contributed by atoms with Crippen molar-refractivity contribution in [1.29, 1.82) is 5.26 Å². The number of aryl methyl sites for hydroxylation is 1. The summed E-state index contributed by atoms with van der Waals surface area (Å²) in [6.07, 6.45) is 0. The van der Waals surface area contributed by atoms with Crippen molar-refractivity contribution in [2.75, 3.05) is 7.11 Å². The second kappa shape index (κ2) is 6.62. The summed E-state index contributed by atoms with van der Waals surface area (Å²) in [6, 6.07) is 5.31. The molecule has 0 saturated carbocycles. The summed E-state index contributed by atoms with van der Waals surface area (Å²) in [5, 5.41) is 8.73. The van der Waals surface area contributed by atoms with Crippen LogP contribution in [0.4, 0.5) is 0 Å². The van der Waals surface area contributed by atoms with Gasteiger partial charge in [-0.3, -0.25) is 0 Å². The van der Waals surface area contributed by atoms with Crippen LogP contribution in [0, 0.1) is 25.2 Å². The van der Waals surface area contributed by atoms with Crippen molar-refractivity contribution in [3.63, 3.8) is 0 Å². The fraction of sp³-hybridized carbons (Fsp3) is 0.385. The summed E-state index contributed by atoms with van der Waals surface area (Å²) in [5.41, 5.74) is 2.72. The quantitative estimate of drug-likeness (QED) is 0.682. The molecule has 0 aliphatic rings. The van der Waals surface area contributed by atoms with Crippen molar-refractivity contribution in [1.82, 2.24) is 0 Å². The third kappa shape index (κ3) is 3.09. The van der Waals surface area contributed by atoms with E-state index in [-0.39, 0.29) is 0 Å². The van der Waals surface area contributed by atoms with Gasteiger partial charge in [0.2, 0.25) is 0 Å². The van der Waals surface area contributed by atoms with E-state index in [2.05, 4.69) is 4.74 Å². The van der Waals surface area contributed by atoms with Crippen LogP contribution in [0.2, 0.25) is 0 Å². The van der Waals surface area contributed by atoms with E-state index in [1.54, 1.807) is 12.1 Å². The normalized spacial score (nSPS) is 8.50. The SMILES string of the molecule is CC.COC(=O)c1cc(C#N)cc(C)c1C. The predicted octanol–water partition coefficient (Wildman–Crippen LogP) is 2.99. The lowest BCUT2D eigenvalue weighted by atomic mass is 10.0. The fourth-order valence-corrected chi connectivity index (χ4v) is 1.25. The summed E-state index contributed by atoms with van der Waals surface area (Å²) >= 11 is 0. The molecular weight excluding hydrogens is 202 g/mol. The Morgan fingerprint density at radius 3 is 2.31 bits per heavy atom. The van der Waals surface area contributed by atoms with E-state index in [1.807, 2.05) is 33.8 Å². The number of methoxy groups -OCH3 is 1. The highest BCUT2D eigenvalue weighted by Gasteiger charge is 2.11. The minimum Gasteiger partial charge on any atom is -0.465 e. The minimum atomic E-state index is -0.400. The van der Waals surface area contributed by atoms with Gasteiger partial charge >= 0.3 is 5.97 Å². The van der Waals surface area contributed by atoms with Crippen molar-refractivity contribution in [3.8, 4) is 6.07 Å². The highest BCUT2D eigenvalue weighted by Crippen LogP contribution is 2.16. The van der Waals surface area contributed by atoms with Gasteiger partial charge in [-0.2, -0.15) is 5.26 Å². The molecule has 0 amide bonds. The van der Waals surface area contributed by atoms with Crippen molar-refractivity contribution in [3.05, 3.63) is 34.4 Å². The fourth-order valence-electron chi connectivity index (χ4n) is 1.25. The Bertz CT molecular complexity index is 417. The van der Waals surface area contributed by atoms with Crippen LogP contribution in [-0.2, 0) is 4.74 Å². The Hall–Kier alpha value is -1.82. The van der Waals surface area contributed by atoms with E-state index < -0.39 is 5.97 Å². The number of nitrogens with zero attached hydrogens (tertiary/aromatic N) is 1. The van der Waals surface area contributed by atoms with E-state index in [0.29, 0.717) is 11.1 Å². The predicted molar refractivity (Wildman–Crippen MR) is 63.3 cm³/mol. The van der Waals surface area contributed by atoms with Gasteiger partial charge in [0.15, 0.2) is 0 Å². The zero-order valence-corrected chi connectivity index (χ0v) is 10.4. The van der Waals surface area contributed by atoms with E-state index in [0.717, 1.165) is 11.1 Å². The van der Waals surface area contributed by atoms with Gasteiger partial charge in [-0.05, 0) is 37.1 Å². The molecule has 0 saturated heterocycles. The minimum absolute atomic E-state index is 0.400. The van der Waals surface area contributed by atoms with Crippen LogP contribution in [0.1, 0.15) is 40.9 Å². The number of ether oxygens (including phenoxy) is 1. The molecule has 86 valence electrons. The molecule has 0 N–H and O–H groups in total. The number of benzene rings is 1. The summed E-state index contributed by atoms with van der Waals surface area (Å²) in [4.78, 5) is 11.3. The second-order valence-corrected chi connectivity index (χ2v) is 3.07. The van der Waals surface area contributed by atoms with Gasteiger partial charge in [-0.25, -0.2) is 4.79 Å². The second-order valence-electron chi connectivity index (χ2n) is 3.07. The van der Waals surface area contributed by atoms with E-state index in [1.165, 1.54) is 7.11 Å². The van der Waals surface area contributed by atoms with Gasteiger partial charge in [-0.15, -0.1) is 0 Å². The van der Waals surface area contributed by atoms with Crippen LogP contribution in [0.25, 0.3) is 0 Å². The average molecular weight is 219 g/mol. The van der Waals surface area contributed by atoms with E-state index in [4.69, 9.17) is 5.26 Å². The number of carbonyl (C=O) groups is 1. The average Bonchev–Trinajstić information content (AvgIpc) is 2.34. The van der Waals surface area contributed by atoms with Gasteiger partial charge in [0.25, 0.3) is 0 Å². The van der Waals surface area contributed by atoms with Crippen molar-refractivity contribution in [2.45, 2.75) is 27.7 Å². The van der Waals surface area contributed by atoms with Crippen LogP contribution >= 0.6 is 0 Å². The van der Waals surface area contributed by atoms with Crippen molar-refractivity contribution < 1.29 is 9.53 Å². The lowest BCUT2D eigenvalue weighted by Crippen LogP contribution is -2.05. The maximum Gasteiger partial charge on any atom is 0.338 e. The number of carbonyl (C=O) groups excluding carboxylic acids is 1. The molecule has 0 aliphatic carbocycles. The molecule has 1 aromatic rings. The van der Waals surface area contributed by atoms with Crippen molar-refractivity contribution in [2.24, 2.45) is 0 Å². The van der Waals surface area contributed by atoms with Crippen LogP contribution in [0.3, 0.4) is 0 Å². The molecule has 0 unspecified atom stereocenters. The number of hydrogen-bond donors (Lipinski definition) is 0. The number of nitriles is 1. The molecule has 0 atom stereocenters. The monoisotopic (exact) mass is 219 g/mol. The molecule has 0 bridgehead atoms. The largest absolute Gasteiger partial charge is 0.465 e. The lowest BCUT2D eigenvalue weighted by molar-refractivity contribution is 0.0599. The molecule has 0 spiro atoms. The molecule has 16 heavy (non-hydrogen) atoms. The van der Waals surface area contributed by atoms with Gasteiger partial charge in [0, 0.05) is 0 Å². The smallest absolute Gasteiger partial charge is 0.338 e. The Kier molecular flexibility index (Phi) is 5.87. The molecule has 0 fully saturated rings. The van der Waals surface area contributed by atoms with Gasteiger partial charge in [-0.1, -0.05) is 13.8 Å². The van der Waals surface area contributed by atoms with E-state index in [9.17, 15) is 4.79 Å². The molecule has 3 heteroatoms. The highest BCUT2D eigenvalue weighted by molar-refractivity contribution is 5.91. The number of esters is 1. The zero-order valence-electron chi connectivity index (χ0n) is 10.4. The van der Waals surface area contributed by atoms with Crippen LogP contribution in [0.15, 0.2) is 12.1 Å². The van der Waals surface area contributed by atoms with Crippen molar-refractivity contribution >= 4 is 5.97 Å². The van der Waals surface area contributed by atoms with Crippen LogP contribution in [-0.4, -0.2) is 13.1 Å². The maximum atomic E-state index is 11.3. The molecule has 0 radical (unpaired) electrons. The molecular formula is C13H17NO2. The molecule has 0 aliphatic heterocycles. The van der Waals surface area contributed by atoms with Crippen LogP contribution in [0.5, 0.6) is 0 Å². The summed E-state index contributed by atoms with van der Waals surface area (Å²) < 4.78 is 4.62. The van der Waals surface area contributed by atoms with Gasteiger partial charge in [0.05, 0.1) is 24.3 Å². The molecule has 3 nitrogen and oxygen atoms in total. The number of hydrogen-bond acceptors (Lipinski definition) is 3. The lowest BCUT2D eigenvalue weighted by Gasteiger charge is -2.06. The highest BCUT2D eigenvalue weighted by atomic mass is 16.5. The third-order valence-corrected chi connectivity index (χ3v) is 2.20. The Balaban J connectivity index is 0.00000106. The Labute approximate surface area is 96.7 Å². The first-order valence-electron chi connectivity index (χ1n) is 5.19. The molecule has 1 rings (SSSR count). The van der Waals surface area contributed by atoms with Gasteiger partial charge < -0.3 is 4.74 Å². The number of rotatable bonds is 1. The van der Waals surface area contributed by atoms with Gasteiger partial charge in [0.1, 0.15) is 0 Å². The topological polar surface area (TPSA) is 50.1 Å². The first-order chi connectivity index (χ1) is 7.60. The summed E-state index contributed by atoms with van der Waals surface area (Å²) in [6.45, 7) is 7.70. The standard InChI is InChI=1S/C11H11NO2.C2H6/c1-7-4-9(6-12)5-10(8(7)2)11(13)14-3;1-2/h4-5H,1-3H3;1-2H3. The zero-order chi connectivity index (χ0) is 12.7. The summed E-state index contributed by atoms with van der Waals surface area (Å²) in [5.74, 6) is -0.400. The molecule has 0 aromatic heterocycles. The first-order valence-corrected chi connectivity index (χ1v) is 5.19.